The minimum Gasteiger partial charge on any atom is -0.385 e. The van der Waals surface area contributed by atoms with Crippen molar-refractivity contribution in [2.45, 2.75) is 66.2 Å². The molecular weight excluding hydrogens is 420 g/mol. The van der Waals surface area contributed by atoms with E-state index in [1.165, 1.54) is 28.1 Å². The van der Waals surface area contributed by atoms with E-state index in [0.717, 1.165) is 30.3 Å². The lowest BCUT2D eigenvalue weighted by molar-refractivity contribution is -0.540. The fraction of sp³-hybridized carbons (Fsp3) is 0.462. The fourth-order valence-corrected chi connectivity index (χ4v) is 3.94. The summed E-state index contributed by atoms with van der Waals surface area (Å²) in [7, 11) is 2.12. The number of halogens is 1. The number of aryl methyl sites for hydroxylation is 1. The Morgan fingerprint density at radius 3 is 2.38 bits per heavy atom. The highest BCUT2D eigenvalue weighted by molar-refractivity contribution is 9.10. The van der Waals surface area contributed by atoms with Crippen LogP contribution in [0.1, 0.15) is 71.1 Å². The van der Waals surface area contributed by atoms with Crippen molar-refractivity contribution >= 4 is 33.4 Å². The summed E-state index contributed by atoms with van der Waals surface area (Å²) in [6.45, 7) is 14.0. The summed E-state index contributed by atoms with van der Waals surface area (Å²) in [5.74, 6) is 0. The lowest BCUT2D eigenvalue weighted by atomic mass is 9.76. The Kier molecular flexibility index (Phi) is 11.3. The van der Waals surface area contributed by atoms with Gasteiger partial charge in [-0.05, 0) is 61.6 Å². The largest absolute Gasteiger partial charge is 0.385 e. The molecule has 2 rings (SSSR count). The number of nitrogens with two attached hydrogens (primary N) is 1. The maximum atomic E-state index is 3.65. The van der Waals surface area contributed by atoms with Gasteiger partial charge in [-0.15, -0.1) is 0 Å². The van der Waals surface area contributed by atoms with Gasteiger partial charge in [-0.3, -0.25) is 0 Å². The molecule has 0 radical (unpaired) electrons. The number of rotatable bonds is 9. The van der Waals surface area contributed by atoms with Crippen LogP contribution in [0.2, 0.25) is 0 Å². The number of nitrogens with one attached hydrogen (secondary N) is 1. The summed E-state index contributed by atoms with van der Waals surface area (Å²) in [6.07, 6.45) is 7.83. The zero-order valence-electron chi connectivity index (χ0n) is 19.4. The molecule has 2 aromatic rings. The summed E-state index contributed by atoms with van der Waals surface area (Å²) in [5.41, 5.74) is 6.81. The molecule has 0 fully saturated rings. The molecule has 0 aliphatic carbocycles. The van der Waals surface area contributed by atoms with Crippen LogP contribution in [0, 0.1) is 0 Å². The summed E-state index contributed by atoms with van der Waals surface area (Å²) in [6, 6.07) is 13.3. The summed E-state index contributed by atoms with van der Waals surface area (Å²) >= 11 is 3.65. The van der Waals surface area contributed by atoms with Crippen molar-refractivity contribution in [1.29, 1.82) is 0 Å². The van der Waals surface area contributed by atoms with Gasteiger partial charge in [-0.2, -0.15) is 0 Å². The van der Waals surface area contributed by atoms with Crippen LogP contribution in [-0.2, 0) is 11.8 Å². The predicted molar refractivity (Wildman–Crippen MR) is 134 cm³/mol. The molecule has 3 N–H and O–H groups in total. The maximum absolute atomic E-state index is 3.65. The van der Waals surface area contributed by atoms with Gasteiger partial charge in [0.25, 0.3) is 0 Å². The Morgan fingerprint density at radius 2 is 1.79 bits per heavy atom. The number of quaternary nitrogens is 1. The van der Waals surface area contributed by atoms with Crippen LogP contribution in [0.25, 0.3) is 6.08 Å². The highest BCUT2D eigenvalue weighted by Crippen LogP contribution is 2.36. The molecule has 0 amide bonds. The van der Waals surface area contributed by atoms with Crippen LogP contribution >= 0.6 is 15.9 Å². The number of anilines is 1. The van der Waals surface area contributed by atoms with Gasteiger partial charge >= 0.3 is 0 Å². The van der Waals surface area contributed by atoms with E-state index in [9.17, 15) is 0 Å². The van der Waals surface area contributed by atoms with E-state index in [4.69, 9.17) is 0 Å². The fourth-order valence-electron chi connectivity index (χ4n) is 3.58. The predicted octanol–water partition coefficient (Wildman–Crippen LogP) is 7.07. The Morgan fingerprint density at radius 1 is 1.07 bits per heavy atom. The molecule has 0 aliphatic heterocycles. The molecule has 160 valence electrons. The van der Waals surface area contributed by atoms with Crippen molar-refractivity contribution in [2.75, 3.05) is 18.9 Å². The lowest BCUT2D eigenvalue weighted by Gasteiger charge is -2.28. The van der Waals surface area contributed by atoms with E-state index >= 15 is 0 Å². The van der Waals surface area contributed by atoms with Crippen LogP contribution < -0.4 is 10.6 Å². The number of hydrogen-bond donors (Lipinski definition) is 2. The third kappa shape index (κ3) is 7.01. The Labute approximate surface area is 187 Å². The molecule has 0 bridgehead atoms. The second kappa shape index (κ2) is 12.9. The average molecular weight is 461 g/mol. The van der Waals surface area contributed by atoms with Gasteiger partial charge < -0.3 is 10.6 Å². The molecule has 1 unspecified atom stereocenters. The van der Waals surface area contributed by atoms with Crippen LogP contribution in [0.3, 0.4) is 0 Å². The number of hydrogen-bond acceptors (Lipinski definition) is 1. The molecule has 2 nitrogen and oxygen atoms in total. The normalized spacial score (nSPS) is 13.0. The first kappa shape index (κ1) is 25.5. The highest BCUT2D eigenvalue weighted by Gasteiger charge is 2.27. The molecule has 1 atom stereocenters. The van der Waals surface area contributed by atoms with Crippen molar-refractivity contribution in [1.82, 2.24) is 0 Å². The van der Waals surface area contributed by atoms with Crippen molar-refractivity contribution in [2.24, 2.45) is 0 Å². The van der Waals surface area contributed by atoms with Crippen LogP contribution in [0.4, 0.5) is 11.4 Å². The minimum atomic E-state index is 0.123. The van der Waals surface area contributed by atoms with E-state index in [1.54, 1.807) is 0 Å². The van der Waals surface area contributed by atoms with Crippen molar-refractivity contribution in [3.8, 4) is 0 Å². The van der Waals surface area contributed by atoms with Gasteiger partial charge in [-0.1, -0.05) is 68.8 Å². The Hall–Kier alpha value is -1.58. The molecule has 2 aromatic carbocycles. The van der Waals surface area contributed by atoms with E-state index in [2.05, 4.69) is 110 Å². The Balaban J connectivity index is 0.00000204. The van der Waals surface area contributed by atoms with Crippen LogP contribution in [0.15, 0.2) is 46.9 Å². The van der Waals surface area contributed by atoms with Gasteiger partial charge in [0.15, 0.2) is 0 Å². The van der Waals surface area contributed by atoms with Crippen molar-refractivity contribution in [3.63, 3.8) is 0 Å². The molecule has 3 heteroatoms. The van der Waals surface area contributed by atoms with Crippen LogP contribution in [0.5, 0.6) is 0 Å². The van der Waals surface area contributed by atoms with E-state index in [-0.39, 0.29) is 5.41 Å². The number of benzene rings is 2. The molecule has 0 saturated heterocycles. The average Bonchev–Trinajstić information content (AvgIpc) is 2.76. The summed E-state index contributed by atoms with van der Waals surface area (Å²) in [5, 5.41) is 5.62. The first-order chi connectivity index (χ1) is 14.0. The molecule has 0 aliphatic rings. The van der Waals surface area contributed by atoms with Gasteiger partial charge in [0, 0.05) is 33.7 Å². The first-order valence-electron chi connectivity index (χ1n) is 11.1. The standard InChI is InChI=1S/C24H33BrN2.C2H6/c1-6-18-16-21(27-8-3)13-11-19(18)10-9-15-24(4,7-2)22-17-20(25)12-14-23(22)26-5;1-2/h9-14,16-17,26-27H,6-8,15H2,1-5H3;1-2H3/p+1/b10-9+;. The maximum Gasteiger partial charge on any atom is 0.133 e. The molecule has 0 aromatic heterocycles. The third-order valence-electron chi connectivity index (χ3n) is 5.53. The molecule has 0 saturated carbocycles. The van der Waals surface area contributed by atoms with E-state index in [0.29, 0.717) is 0 Å². The Bertz CT molecular complexity index is 782. The first-order valence-corrected chi connectivity index (χ1v) is 11.9. The zero-order valence-corrected chi connectivity index (χ0v) is 21.0. The van der Waals surface area contributed by atoms with E-state index < -0.39 is 0 Å². The monoisotopic (exact) mass is 459 g/mol. The second-order valence-electron chi connectivity index (χ2n) is 7.34. The molecule has 29 heavy (non-hydrogen) atoms. The summed E-state index contributed by atoms with van der Waals surface area (Å²) in [4.78, 5) is 0. The lowest BCUT2D eigenvalue weighted by Crippen LogP contribution is -2.73. The molecule has 0 spiro atoms. The molecular formula is C26H40BrN2+. The van der Waals surface area contributed by atoms with Crippen molar-refractivity contribution < 1.29 is 5.32 Å². The minimum absolute atomic E-state index is 0.123. The van der Waals surface area contributed by atoms with Gasteiger partial charge in [0.05, 0.1) is 7.05 Å². The van der Waals surface area contributed by atoms with E-state index in [1.807, 2.05) is 13.8 Å². The van der Waals surface area contributed by atoms with Gasteiger partial charge in [-0.25, -0.2) is 0 Å². The topological polar surface area (TPSA) is 28.6 Å². The zero-order chi connectivity index (χ0) is 21.9. The van der Waals surface area contributed by atoms with Crippen LogP contribution in [-0.4, -0.2) is 13.6 Å². The quantitative estimate of drug-likeness (QED) is 0.385. The summed E-state index contributed by atoms with van der Waals surface area (Å²) < 4.78 is 1.15. The smallest absolute Gasteiger partial charge is 0.133 e. The second-order valence-corrected chi connectivity index (χ2v) is 8.25. The van der Waals surface area contributed by atoms with Gasteiger partial charge in [0.2, 0.25) is 0 Å². The third-order valence-corrected chi connectivity index (χ3v) is 6.02. The SMILES string of the molecule is CC.CCNc1ccc(/C=C/CC(C)(CC)c2cc(Br)ccc2[NH2+]C)c(CC)c1. The molecule has 0 heterocycles. The highest BCUT2D eigenvalue weighted by atomic mass is 79.9. The van der Waals surface area contributed by atoms with Crippen molar-refractivity contribution in [3.05, 3.63) is 63.6 Å². The number of allylic oxidation sites excluding steroid dienone is 1. The van der Waals surface area contributed by atoms with Gasteiger partial charge in [0.1, 0.15) is 5.69 Å².